The maximum atomic E-state index is 6.11. The SMILES string of the molecule is COc1cc(-c2nnc3n2CCCCN3Cc2cc(-c3cccc(Cl)c3)on2)nc(OC)n1. The summed E-state index contributed by atoms with van der Waals surface area (Å²) in [5.74, 6) is 2.46. The molecule has 0 bridgehead atoms. The van der Waals surface area contributed by atoms with E-state index in [0.29, 0.717) is 34.7 Å². The summed E-state index contributed by atoms with van der Waals surface area (Å²) in [5.41, 5.74) is 2.27. The number of rotatable bonds is 6. The van der Waals surface area contributed by atoms with Crippen molar-refractivity contribution in [3.8, 4) is 34.7 Å². The lowest BCUT2D eigenvalue weighted by Crippen LogP contribution is -2.25. The average molecular weight is 468 g/mol. The van der Waals surface area contributed by atoms with E-state index in [-0.39, 0.29) is 6.01 Å². The molecule has 0 atom stereocenters. The van der Waals surface area contributed by atoms with E-state index in [0.717, 1.165) is 43.1 Å². The van der Waals surface area contributed by atoms with Crippen LogP contribution in [0.1, 0.15) is 18.5 Å². The van der Waals surface area contributed by atoms with E-state index in [2.05, 4.69) is 34.8 Å². The van der Waals surface area contributed by atoms with E-state index >= 15 is 0 Å². The normalized spacial score (nSPS) is 13.5. The van der Waals surface area contributed by atoms with Crippen LogP contribution in [0.4, 0.5) is 5.95 Å². The molecule has 5 rings (SSSR count). The van der Waals surface area contributed by atoms with Gasteiger partial charge in [-0.2, -0.15) is 9.97 Å². The van der Waals surface area contributed by atoms with Crippen molar-refractivity contribution >= 4 is 17.5 Å². The highest BCUT2D eigenvalue weighted by molar-refractivity contribution is 6.30. The zero-order valence-corrected chi connectivity index (χ0v) is 19.0. The molecule has 0 amide bonds. The first-order valence-corrected chi connectivity index (χ1v) is 10.9. The summed E-state index contributed by atoms with van der Waals surface area (Å²) in [5, 5.41) is 13.8. The number of halogens is 1. The second-order valence-electron chi connectivity index (χ2n) is 7.58. The number of anilines is 1. The van der Waals surface area contributed by atoms with Crippen LogP contribution in [0.3, 0.4) is 0 Å². The minimum absolute atomic E-state index is 0.211. The summed E-state index contributed by atoms with van der Waals surface area (Å²) < 4.78 is 18.1. The Bertz CT molecular complexity index is 1250. The summed E-state index contributed by atoms with van der Waals surface area (Å²) >= 11 is 6.11. The van der Waals surface area contributed by atoms with E-state index < -0.39 is 0 Å². The Balaban J connectivity index is 1.44. The van der Waals surface area contributed by atoms with Crippen LogP contribution in [0.5, 0.6) is 11.9 Å². The summed E-state index contributed by atoms with van der Waals surface area (Å²) in [4.78, 5) is 10.8. The van der Waals surface area contributed by atoms with Crippen molar-refractivity contribution in [3.63, 3.8) is 0 Å². The van der Waals surface area contributed by atoms with E-state index in [4.69, 9.17) is 25.6 Å². The van der Waals surface area contributed by atoms with E-state index in [1.807, 2.05) is 30.3 Å². The summed E-state index contributed by atoms with van der Waals surface area (Å²) in [6, 6.07) is 11.4. The van der Waals surface area contributed by atoms with Crippen molar-refractivity contribution in [1.29, 1.82) is 0 Å². The van der Waals surface area contributed by atoms with E-state index in [1.165, 1.54) is 7.11 Å². The lowest BCUT2D eigenvalue weighted by atomic mass is 10.1. The highest BCUT2D eigenvalue weighted by atomic mass is 35.5. The van der Waals surface area contributed by atoms with E-state index in [9.17, 15) is 0 Å². The molecule has 1 aromatic carbocycles. The molecule has 170 valence electrons. The minimum atomic E-state index is 0.211. The molecular formula is C22H22ClN7O3. The molecule has 11 heteroatoms. The molecule has 0 aliphatic carbocycles. The zero-order valence-electron chi connectivity index (χ0n) is 18.2. The molecule has 0 saturated carbocycles. The monoisotopic (exact) mass is 467 g/mol. The van der Waals surface area contributed by atoms with Crippen LogP contribution in [0.15, 0.2) is 40.9 Å². The fourth-order valence-electron chi connectivity index (χ4n) is 3.82. The van der Waals surface area contributed by atoms with Gasteiger partial charge in [0.2, 0.25) is 11.8 Å². The molecule has 0 saturated heterocycles. The zero-order chi connectivity index (χ0) is 22.8. The molecule has 0 fully saturated rings. The van der Waals surface area contributed by atoms with Crippen molar-refractivity contribution in [2.24, 2.45) is 0 Å². The first-order valence-electron chi connectivity index (χ1n) is 10.5. The largest absolute Gasteiger partial charge is 0.481 e. The number of methoxy groups -OCH3 is 2. The lowest BCUT2D eigenvalue weighted by Gasteiger charge is -2.19. The van der Waals surface area contributed by atoms with Gasteiger partial charge in [-0.05, 0) is 25.0 Å². The van der Waals surface area contributed by atoms with Gasteiger partial charge in [-0.15, -0.1) is 10.2 Å². The van der Waals surface area contributed by atoms with Crippen LogP contribution in [0, 0.1) is 0 Å². The Kier molecular flexibility index (Phi) is 5.82. The molecule has 4 heterocycles. The van der Waals surface area contributed by atoms with Gasteiger partial charge in [-0.1, -0.05) is 28.9 Å². The molecule has 0 spiro atoms. The third kappa shape index (κ3) is 4.34. The van der Waals surface area contributed by atoms with Gasteiger partial charge in [0, 0.05) is 35.8 Å². The van der Waals surface area contributed by atoms with Crippen LogP contribution in [0.2, 0.25) is 5.02 Å². The maximum absolute atomic E-state index is 6.11. The van der Waals surface area contributed by atoms with Gasteiger partial charge in [0.15, 0.2) is 11.6 Å². The molecule has 1 aliphatic heterocycles. The Labute approximate surface area is 195 Å². The van der Waals surface area contributed by atoms with Gasteiger partial charge >= 0.3 is 6.01 Å². The van der Waals surface area contributed by atoms with Crippen molar-refractivity contribution in [2.45, 2.75) is 25.9 Å². The Hall–Kier alpha value is -3.66. The van der Waals surface area contributed by atoms with Crippen LogP contribution >= 0.6 is 11.6 Å². The van der Waals surface area contributed by atoms with Gasteiger partial charge in [0.05, 0.1) is 20.8 Å². The van der Waals surface area contributed by atoms with Crippen LogP contribution in [-0.2, 0) is 13.1 Å². The second kappa shape index (κ2) is 9.07. The number of fused-ring (bicyclic) bond motifs is 1. The number of nitrogens with zero attached hydrogens (tertiary/aromatic N) is 7. The van der Waals surface area contributed by atoms with Gasteiger partial charge in [0.1, 0.15) is 11.4 Å². The summed E-state index contributed by atoms with van der Waals surface area (Å²) in [7, 11) is 3.06. The molecule has 0 unspecified atom stereocenters. The van der Waals surface area contributed by atoms with Gasteiger partial charge in [0.25, 0.3) is 0 Å². The molecule has 0 radical (unpaired) electrons. The smallest absolute Gasteiger partial charge is 0.320 e. The highest BCUT2D eigenvalue weighted by Gasteiger charge is 2.24. The minimum Gasteiger partial charge on any atom is -0.481 e. The van der Waals surface area contributed by atoms with Crippen molar-refractivity contribution in [2.75, 3.05) is 25.7 Å². The van der Waals surface area contributed by atoms with Gasteiger partial charge < -0.3 is 18.9 Å². The highest BCUT2D eigenvalue weighted by Crippen LogP contribution is 2.29. The Morgan fingerprint density at radius 2 is 1.91 bits per heavy atom. The summed E-state index contributed by atoms with van der Waals surface area (Å²) in [6.45, 7) is 2.14. The summed E-state index contributed by atoms with van der Waals surface area (Å²) in [6.07, 6.45) is 2.00. The van der Waals surface area contributed by atoms with Gasteiger partial charge in [-0.3, -0.25) is 4.57 Å². The molecule has 0 N–H and O–H groups in total. The predicted molar refractivity (Wildman–Crippen MR) is 121 cm³/mol. The average Bonchev–Trinajstić information content (AvgIpc) is 3.43. The number of hydrogen-bond donors (Lipinski definition) is 0. The standard InChI is InChI=1S/C22H22ClN7O3/c1-31-19-12-17(24-21(25-19)32-2)20-26-27-22-29(8-3-4-9-30(20)22)13-16-11-18(33-28-16)14-6-5-7-15(23)10-14/h5-7,10-12H,3-4,8-9,13H2,1-2H3. The van der Waals surface area contributed by atoms with Crippen molar-refractivity contribution in [3.05, 3.63) is 47.1 Å². The van der Waals surface area contributed by atoms with Crippen LogP contribution in [0.25, 0.3) is 22.8 Å². The van der Waals surface area contributed by atoms with Crippen LogP contribution < -0.4 is 14.4 Å². The Morgan fingerprint density at radius 3 is 2.73 bits per heavy atom. The van der Waals surface area contributed by atoms with E-state index in [1.54, 1.807) is 13.2 Å². The third-order valence-corrected chi connectivity index (χ3v) is 5.63. The van der Waals surface area contributed by atoms with Crippen molar-refractivity contribution < 1.29 is 14.0 Å². The lowest BCUT2D eigenvalue weighted by molar-refractivity contribution is 0.352. The topological polar surface area (TPSA) is 104 Å². The van der Waals surface area contributed by atoms with Gasteiger partial charge in [-0.25, -0.2) is 0 Å². The molecule has 3 aromatic heterocycles. The Morgan fingerprint density at radius 1 is 1.03 bits per heavy atom. The number of hydrogen-bond acceptors (Lipinski definition) is 9. The molecule has 4 aromatic rings. The first kappa shape index (κ1) is 21.2. The first-order chi connectivity index (χ1) is 16.1. The predicted octanol–water partition coefficient (Wildman–Crippen LogP) is 3.86. The molecule has 33 heavy (non-hydrogen) atoms. The maximum Gasteiger partial charge on any atom is 0.320 e. The molecule has 10 nitrogen and oxygen atoms in total. The molecule has 1 aliphatic rings. The quantitative estimate of drug-likeness (QED) is 0.418. The van der Waals surface area contributed by atoms with Crippen LogP contribution in [-0.4, -0.2) is 50.7 Å². The second-order valence-corrected chi connectivity index (χ2v) is 8.02. The fraction of sp³-hybridized carbons (Fsp3) is 0.318. The fourth-order valence-corrected chi connectivity index (χ4v) is 4.01. The number of aromatic nitrogens is 6. The third-order valence-electron chi connectivity index (χ3n) is 5.40. The number of benzene rings is 1. The molecular weight excluding hydrogens is 446 g/mol. The van der Waals surface area contributed by atoms with Crippen molar-refractivity contribution in [1.82, 2.24) is 29.9 Å². The number of ether oxygens (including phenoxy) is 2.